The van der Waals surface area contributed by atoms with Crippen LogP contribution in [0.1, 0.15) is 11.1 Å². The SMILES string of the molecule is O=C(/C=C/c1ccccc1N1CCN(Cc2cccc(OC(F)(F)F)c2)C1=O)NO. The lowest BCUT2D eigenvalue weighted by Crippen LogP contribution is -2.31. The molecule has 0 radical (unpaired) electrons. The molecule has 0 aliphatic carbocycles. The third kappa shape index (κ3) is 5.29. The van der Waals surface area contributed by atoms with Crippen LogP contribution in [-0.2, 0) is 11.3 Å². The lowest BCUT2D eigenvalue weighted by Gasteiger charge is -2.20. The molecule has 1 heterocycles. The van der Waals surface area contributed by atoms with Crippen LogP contribution in [0.4, 0.5) is 23.7 Å². The Labute approximate surface area is 169 Å². The largest absolute Gasteiger partial charge is 0.573 e. The summed E-state index contributed by atoms with van der Waals surface area (Å²) in [5.74, 6) is -1.05. The van der Waals surface area contributed by atoms with Crippen molar-refractivity contribution in [2.45, 2.75) is 12.9 Å². The summed E-state index contributed by atoms with van der Waals surface area (Å²) in [6.45, 7) is 0.863. The Morgan fingerprint density at radius 1 is 1.17 bits per heavy atom. The lowest BCUT2D eigenvalue weighted by molar-refractivity contribution is -0.274. The van der Waals surface area contributed by atoms with Gasteiger partial charge in [-0.15, -0.1) is 13.2 Å². The van der Waals surface area contributed by atoms with E-state index in [1.165, 1.54) is 39.6 Å². The first-order valence-corrected chi connectivity index (χ1v) is 8.89. The average Bonchev–Trinajstić information content (AvgIpc) is 3.05. The van der Waals surface area contributed by atoms with Crippen molar-refractivity contribution in [3.8, 4) is 5.75 Å². The van der Waals surface area contributed by atoms with Gasteiger partial charge in [-0.2, -0.15) is 0 Å². The van der Waals surface area contributed by atoms with Crippen LogP contribution in [0.15, 0.2) is 54.6 Å². The molecule has 10 heteroatoms. The Bertz CT molecular complexity index is 962. The minimum Gasteiger partial charge on any atom is -0.406 e. The van der Waals surface area contributed by atoms with Crippen molar-refractivity contribution in [1.82, 2.24) is 10.4 Å². The number of anilines is 1. The molecule has 7 nitrogen and oxygen atoms in total. The Morgan fingerprint density at radius 3 is 2.67 bits per heavy atom. The molecule has 0 spiro atoms. The quantitative estimate of drug-likeness (QED) is 0.425. The number of nitrogens with one attached hydrogen (secondary N) is 1. The molecule has 1 aliphatic rings. The first-order chi connectivity index (χ1) is 14.3. The summed E-state index contributed by atoms with van der Waals surface area (Å²) in [5, 5.41) is 8.60. The number of hydroxylamine groups is 1. The van der Waals surface area contributed by atoms with E-state index in [0.717, 1.165) is 6.08 Å². The smallest absolute Gasteiger partial charge is 0.406 e. The lowest BCUT2D eigenvalue weighted by atomic mass is 10.1. The molecule has 1 saturated heterocycles. The van der Waals surface area contributed by atoms with E-state index in [1.807, 2.05) is 0 Å². The van der Waals surface area contributed by atoms with Crippen molar-refractivity contribution in [3.63, 3.8) is 0 Å². The van der Waals surface area contributed by atoms with Crippen LogP contribution < -0.4 is 15.1 Å². The number of benzene rings is 2. The third-order valence-electron chi connectivity index (χ3n) is 4.35. The monoisotopic (exact) mass is 421 g/mol. The minimum atomic E-state index is -4.79. The molecule has 1 fully saturated rings. The molecule has 3 amide bonds. The number of hydrogen-bond acceptors (Lipinski definition) is 4. The maximum Gasteiger partial charge on any atom is 0.573 e. The zero-order valence-electron chi connectivity index (χ0n) is 15.6. The van der Waals surface area contributed by atoms with Crippen LogP contribution in [0.5, 0.6) is 5.75 Å². The number of amides is 3. The number of ether oxygens (including phenoxy) is 1. The van der Waals surface area contributed by atoms with Crippen LogP contribution in [0, 0.1) is 0 Å². The maximum absolute atomic E-state index is 12.9. The second kappa shape index (κ2) is 8.87. The number of rotatable bonds is 6. The fourth-order valence-electron chi connectivity index (χ4n) is 3.09. The summed E-state index contributed by atoms with van der Waals surface area (Å²) in [4.78, 5) is 27.1. The fraction of sp³-hybridized carbons (Fsp3) is 0.200. The number of halogens is 3. The molecule has 2 aromatic carbocycles. The van der Waals surface area contributed by atoms with Crippen molar-refractivity contribution in [2.24, 2.45) is 0 Å². The van der Waals surface area contributed by atoms with E-state index >= 15 is 0 Å². The van der Waals surface area contributed by atoms with Gasteiger partial charge in [0.25, 0.3) is 5.91 Å². The molecule has 0 unspecified atom stereocenters. The normalized spacial score (nSPS) is 14.5. The van der Waals surface area contributed by atoms with Crippen LogP contribution >= 0.6 is 0 Å². The fourth-order valence-corrected chi connectivity index (χ4v) is 3.09. The van der Waals surface area contributed by atoms with E-state index in [0.29, 0.717) is 29.9 Å². The van der Waals surface area contributed by atoms with Gasteiger partial charge in [0.15, 0.2) is 0 Å². The molecule has 0 saturated carbocycles. The number of hydrogen-bond donors (Lipinski definition) is 2. The number of urea groups is 1. The van der Waals surface area contributed by atoms with Gasteiger partial charge < -0.3 is 9.64 Å². The van der Waals surface area contributed by atoms with Gasteiger partial charge in [-0.1, -0.05) is 30.3 Å². The highest BCUT2D eigenvalue weighted by Gasteiger charge is 2.32. The molecule has 2 aromatic rings. The van der Waals surface area contributed by atoms with Crippen LogP contribution in [0.3, 0.4) is 0 Å². The Hall–Kier alpha value is -3.53. The molecule has 2 N–H and O–H groups in total. The minimum absolute atomic E-state index is 0.120. The van der Waals surface area contributed by atoms with Gasteiger partial charge in [-0.05, 0) is 35.4 Å². The van der Waals surface area contributed by atoms with Crippen molar-refractivity contribution >= 4 is 23.7 Å². The topological polar surface area (TPSA) is 82.1 Å². The van der Waals surface area contributed by atoms with E-state index in [1.54, 1.807) is 30.3 Å². The summed E-state index contributed by atoms with van der Waals surface area (Å²) < 4.78 is 41.2. The molecular weight excluding hydrogens is 403 g/mol. The van der Waals surface area contributed by atoms with Crippen LogP contribution in [-0.4, -0.2) is 41.5 Å². The summed E-state index contributed by atoms with van der Waals surface area (Å²) in [6.07, 6.45) is -2.19. The second-order valence-electron chi connectivity index (χ2n) is 6.42. The van der Waals surface area contributed by atoms with Gasteiger partial charge in [0.2, 0.25) is 0 Å². The molecule has 3 rings (SSSR count). The molecule has 158 valence electrons. The van der Waals surface area contributed by atoms with Crippen molar-refractivity contribution in [1.29, 1.82) is 0 Å². The Kier molecular flexibility index (Phi) is 6.26. The number of nitrogens with zero attached hydrogens (tertiary/aromatic N) is 2. The Balaban J connectivity index is 1.74. The number of para-hydroxylation sites is 1. The third-order valence-corrected chi connectivity index (χ3v) is 4.35. The van der Waals surface area contributed by atoms with E-state index in [4.69, 9.17) is 5.21 Å². The van der Waals surface area contributed by atoms with E-state index in [-0.39, 0.29) is 18.3 Å². The van der Waals surface area contributed by atoms with Gasteiger partial charge in [0, 0.05) is 25.7 Å². The van der Waals surface area contributed by atoms with Crippen molar-refractivity contribution < 1.29 is 32.7 Å². The first-order valence-electron chi connectivity index (χ1n) is 8.89. The van der Waals surface area contributed by atoms with Gasteiger partial charge in [-0.3, -0.25) is 14.9 Å². The number of carbonyl (C=O) groups is 2. The summed E-state index contributed by atoms with van der Waals surface area (Å²) in [7, 11) is 0. The molecule has 0 bridgehead atoms. The Morgan fingerprint density at radius 2 is 1.93 bits per heavy atom. The van der Waals surface area contributed by atoms with E-state index in [2.05, 4.69) is 4.74 Å². The summed E-state index contributed by atoms with van der Waals surface area (Å²) in [5.41, 5.74) is 3.16. The van der Waals surface area contributed by atoms with Crippen LogP contribution in [0.2, 0.25) is 0 Å². The van der Waals surface area contributed by atoms with Crippen molar-refractivity contribution in [2.75, 3.05) is 18.0 Å². The molecule has 1 aliphatic heterocycles. The number of carbonyl (C=O) groups excluding carboxylic acids is 2. The second-order valence-corrected chi connectivity index (χ2v) is 6.42. The van der Waals surface area contributed by atoms with E-state index in [9.17, 15) is 22.8 Å². The average molecular weight is 421 g/mol. The van der Waals surface area contributed by atoms with E-state index < -0.39 is 12.3 Å². The molecule has 0 atom stereocenters. The highest BCUT2D eigenvalue weighted by Crippen LogP contribution is 2.28. The summed E-state index contributed by atoms with van der Waals surface area (Å²) >= 11 is 0. The first kappa shape index (κ1) is 21.2. The highest BCUT2D eigenvalue weighted by molar-refractivity contribution is 5.98. The van der Waals surface area contributed by atoms with Crippen molar-refractivity contribution in [3.05, 3.63) is 65.7 Å². The summed E-state index contributed by atoms with van der Waals surface area (Å²) in [6, 6.07) is 12.1. The molecule has 30 heavy (non-hydrogen) atoms. The van der Waals surface area contributed by atoms with Crippen LogP contribution in [0.25, 0.3) is 6.08 Å². The van der Waals surface area contributed by atoms with Gasteiger partial charge in [0.05, 0.1) is 5.69 Å². The van der Waals surface area contributed by atoms with Gasteiger partial charge >= 0.3 is 12.4 Å². The predicted molar refractivity (Wildman–Crippen MR) is 102 cm³/mol. The number of alkyl halides is 3. The standard InChI is InChI=1S/C20H18F3N3O4/c21-20(22,23)30-16-6-3-4-14(12-16)13-25-10-11-26(19(25)28)17-7-2-1-5-15(17)8-9-18(27)24-29/h1-9,12,29H,10-11,13H2,(H,24,27)/b9-8+. The van der Waals surface area contributed by atoms with Gasteiger partial charge in [0.1, 0.15) is 5.75 Å². The molecule has 0 aromatic heterocycles. The molecular formula is C20H18F3N3O4. The highest BCUT2D eigenvalue weighted by atomic mass is 19.4. The zero-order valence-corrected chi connectivity index (χ0v) is 15.6. The maximum atomic E-state index is 12.9. The van der Waals surface area contributed by atoms with Gasteiger partial charge in [-0.25, -0.2) is 10.3 Å². The predicted octanol–water partition coefficient (Wildman–Crippen LogP) is 3.55. The zero-order chi connectivity index (χ0) is 21.7.